The molecule has 0 heterocycles. The molecule has 2 rings (SSSR count). The third-order valence-corrected chi connectivity index (χ3v) is 2.45. The van der Waals surface area contributed by atoms with Crippen LogP contribution in [-0.2, 0) is 9.59 Å². The van der Waals surface area contributed by atoms with E-state index in [1.165, 1.54) is 0 Å². The highest BCUT2D eigenvalue weighted by molar-refractivity contribution is 6.15. The average molecular weight is 178 g/mol. The first kappa shape index (κ1) is 8.38. The standard InChI is InChI=1S/C10H10O3/c11-8-5-9(12)10(13)7-4-2-1-3-6(7)8/h1,3,9,12H,2,4-5H2. The Labute approximate surface area is 75.8 Å². The van der Waals surface area contributed by atoms with Gasteiger partial charge in [-0.05, 0) is 12.8 Å². The number of allylic oxidation sites excluding steroid dienone is 3. The molecule has 1 unspecified atom stereocenters. The van der Waals surface area contributed by atoms with Gasteiger partial charge in [0.15, 0.2) is 11.6 Å². The van der Waals surface area contributed by atoms with Gasteiger partial charge in [0.1, 0.15) is 6.10 Å². The van der Waals surface area contributed by atoms with E-state index in [1.54, 1.807) is 6.08 Å². The zero-order valence-electron chi connectivity index (χ0n) is 7.12. The van der Waals surface area contributed by atoms with Crippen LogP contribution in [0.25, 0.3) is 0 Å². The number of rotatable bonds is 0. The molecule has 0 aromatic rings. The second kappa shape index (κ2) is 2.92. The molecule has 2 aliphatic rings. The largest absolute Gasteiger partial charge is 0.384 e. The van der Waals surface area contributed by atoms with Crippen LogP contribution in [0.4, 0.5) is 0 Å². The maximum absolute atomic E-state index is 11.4. The van der Waals surface area contributed by atoms with Gasteiger partial charge in [0.05, 0.1) is 0 Å². The number of carbonyl (C=O) groups is 2. The number of Topliss-reactive ketones (excluding diaryl/α,β-unsaturated/α-hetero) is 2. The van der Waals surface area contributed by atoms with Crippen molar-refractivity contribution in [3.05, 3.63) is 23.3 Å². The summed E-state index contributed by atoms with van der Waals surface area (Å²) in [6.45, 7) is 0. The second-order valence-electron chi connectivity index (χ2n) is 3.34. The van der Waals surface area contributed by atoms with Crippen LogP contribution in [0.1, 0.15) is 19.3 Å². The Morgan fingerprint density at radius 1 is 1.38 bits per heavy atom. The zero-order chi connectivity index (χ0) is 9.42. The third kappa shape index (κ3) is 1.25. The smallest absolute Gasteiger partial charge is 0.188 e. The van der Waals surface area contributed by atoms with Crippen LogP contribution < -0.4 is 0 Å². The van der Waals surface area contributed by atoms with Crippen LogP contribution in [0.15, 0.2) is 23.3 Å². The Kier molecular flexibility index (Phi) is 1.88. The first-order valence-corrected chi connectivity index (χ1v) is 4.35. The van der Waals surface area contributed by atoms with Gasteiger partial charge in [0, 0.05) is 17.6 Å². The highest BCUT2D eigenvalue weighted by Gasteiger charge is 2.32. The number of hydrogen-bond acceptors (Lipinski definition) is 3. The van der Waals surface area contributed by atoms with E-state index in [4.69, 9.17) is 0 Å². The Hall–Kier alpha value is -1.22. The molecular formula is C10H10O3. The van der Waals surface area contributed by atoms with Gasteiger partial charge >= 0.3 is 0 Å². The van der Waals surface area contributed by atoms with E-state index in [0.717, 1.165) is 6.42 Å². The second-order valence-corrected chi connectivity index (χ2v) is 3.34. The summed E-state index contributed by atoms with van der Waals surface area (Å²) in [7, 11) is 0. The van der Waals surface area contributed by atoms with Gasteiger partial charge in [-0.1, -0.05) is 12.2 Å². The number of carbonyl (C=O) groups excluding carboxylic acids is 2. The molecule has 0 saturated carbocycles. The van der Waals surface area contributed by atoms with E-state index < -0.39 is 6.10 Å². The fraction of sp³-hybridized carbons (Fsp3) is 0.400. The molecule has 0 saturated heterocycles. The minimum atomic E-state index is -1.10. The van der Waals surface area contributed by atoms with Gasteiger partial charge in [-0.2, -0.15) is 0 Å². The van der Waals surface area contributed by atoms with Crippen LogP contribution in [0, 0.1) is 0 Å². The molecule has 0 bridgehead atoms. The molecule has 0 radical (unpaired) electrons. The van der Waals surface area contributed by atoms with Gasteiger partial charge in [-0.15, -0.1) is 0 Å². The summed E-state index contributed by atoms with van der Waals surface area (Å²) in [6.07, 6.45) is 3.81. The van der Waals surface area contributed by atoms with E-state index >= 15 is 0 Å². The van der Waals surface area contributed by atoms with E-state index in [9.17, 15) is 14.7 Å². The summed E-state index contributed by atoms with van der Waals surface area (Å²) in [5, 5.41) is 9.26. The van der Waals surface area contributed by atoms with Crippen molar-refractivity contribution in [3.8, 4) is 0 Å². The van der Waals surface area contributed by atoms with Crippen molar-refractivity contribution in [2.75, 3.05) is 0 Å². The van der Waals surface area contributed by atoms with Gasteiger partial charge in [-0.3, -0.25) is 9.59 Å². The van der Waals surface area contributed by atoms with E-state index in [-0.39, 0.29) is 18.0 Å². The first-order chi connectivity index (χ1) is 6.20. The van der Waals surface area contributed by atoms with Crippen LogP contribution in [0.2, 0.25) is 0 Å². The topological polar surface area (TPSA) is 54.4 Å². The van der Waals surface area contributed by atoms with E-state index in [1.807, 2.05) is 6.08 Å². The minimum absolute atomic E-state index is 0.0536. The van der Waals surface area contributed by atoms with Crippen molar-refractivity contribution in [2.24, 2.45) is 0 Å². The van der Waals surface area contributed by atoms with Crippen LogP contribution in [-0.4, -0.2) is 22.8 Å². The van der Waals surface area contributed by atoms with Crippen LogP contribution in [0.3, 0.4) is 0 Å². The van der Waals surface area contributed by atoms with Crippen molar-refractivity contribution in [2.45, 2.75) is 25.4 Å². The van der Waals surface area contributed by atoms with E-state index in [2.05, 4.69) is 0 Å². The minimum Gasteiger partial charge on any atom is -0.384 e. The van der Waals surface area contributed by atoms with Gasteiger partial charge in [0.25, 0.3) is 0 Å². The van der Waals surface area contributed by atoms with Crippen molar-refractivity contribution < 1.29 is 14.7 Å². The molecule has 0 aliphatic heterocycles. The zero-order valence-corrected chi connectivity index (χ0v) is 7.12. The highest BCUT2D eigenvalue weighted by Crippen LogP contribution is 2.27. The van der Waals surface area contributed by atoms with Gasteiger partial charge in [-0.25, -0.2) is 0 Å². The lowest BCUT2D eigenvalue weighted by Crippen LogP contribution is -2.32. The average Bonchev–Trinajstić information content (AvgIpc) is 2.15. The van der Waals surface area contributed by atoms with Crippen LogP contribution >= 0.6 is 0 Å². The molecule has 0 fully saturated rings. The molecule has 1 atom stereocenters. The predicted molar refractivity (Wildman–Crippen MR) is 46.0 cm³/mol. The van der Waals surface area contributed by atoms with Crippen molar-refractivity contribution >= 4 is 11.6 Å². The summed E-state index contributed by atoms with van der Waals surface area (Å²) in [5.74, 6) is -0.378. The summed E-state index contributed by atoms with van der Waals surface area (Å²) >= 11 is 0. The normalized spacial score (nSPS) is 27.9. The molecule has 0 amide bonds. The van der Waals surface area contributed by atoms with Gasteiger partial charge in [0.2, 0.25) is 0 Å². The fourth-order valence-corrected chi connectivity index (χ4v) is 1.76. The molecule has 0 aromatic carbocycles. The van der Waals surface area contributed by atoms with Crippen molar-refractivity contribution in [1.82, 2.24) is 0 Å². The van der Waals surface area contributed by atoms with Crippen molar-refractivity contribution in [3.63, 3.8) is 0 Å². The predicted octanol–water partition coefficient (Wildman–Crippen LogP) is 0.536. The molecule has 1 N–H and O–H groups in total. The number of ketones is 2. The molecule has 3 nitrogen and oxygen atoms in total. The SMILES string of the molecule is O=C1CC(O)C(=O)C2=C1C=CCC2. The lowest BCUT2D eigenvalue weighted by Gasteiger charge is -2.22. The highest BCUT2D eigenvalue weighted by atomic mass is 16.3. The molecule has 0 spiro atoms. The molecule has 13 heavy (non-hydrogen) atoms. The Morgan fingerprint density at radius 3 is 2.92 bits per heavy atom. The summed E-state index contributed by atoms with van der Waals surface area (Å²) in [5.41, 5.74) is 1.04. The lowest BCUT2D eigenvalue weighted by atomic mass is 9.83. The Bertz CT molecular complexity index is 336. The van der Waals surface area contributed by atoms with Gasteiger partial charge < -0.3 is 5.11 Å². The molecule has 0 aromatic heterocycles. The monoisotopic (exact) mass is 178 g/mol. The molecular weight excluding hydrogens is 168 g/mol. The summed E-state index contributed by atoms with van der Waals surface area (Å²) in [4.78, 5) is 22.8. The number of aliphatic hydroxyl groups is 1. The lowest BCUT2D eigenvalue weighted by molar-refractivity contribution is -0.130. The summed E-state index contributed by atoms with van der Waals surface area (Å²) in [6, 6.07) is 0. The number of aliphatic hydroxyl groups excluding tert-OH is 1. The maximum atomic E-state index is 11.4. The van der Waals surface area contributed by atoms with Crippen LogP contribution in [0.5, 0.6) is 0 Å². The van der Waals surface area contributed by atoms with E-state index in [0.29, 0.717) is 17.6 Å². The summed E-state index contributed by atoms with van der Waals surface area (Å²) < 4.78 is 0. The first-order valence-electron chi connectivity index (χ1n) is 4.35. The maximum Gasteiger partial charge on any atom is 0.188 e. The fourth-order valence-electron chi connectivity index (χ4n) is 1.76. The Balaban J connectivity index is 2.47. The molecule has 68 valence electrons. The Morgan fingerprint density at radius 2 is 2.15 bits per heavy atom. The molecule has 2 aliphatic carbocycles. The number of hydrogen-bond donors (Lipinski definition) is 1. The molecule has 3 heteroatoms. The third-order valence-electron chi connectivity index (χ3n) is 2.45. The van der Waals surface area contributed by atoms with Crippen molar-refractivity contribution in [1.29, 1.82) is 0 Å². The quantitative estimate of drug-likeness (QED) is 0.589.